The summed E-state index contributed by atoms with van der Waals surface area (Å²) in [5.41, 5.74) is 3.55. The van der Waals surface area contributed by atoms with Crippen molar-refractivity contribution in [1.82, 2.24) is 9.78 Å². The van der Waals surface area contributed by atoms with E-state index in [0.29, 0.717) is 22.8 Å². The van der Waals surface area contributed by atoms with E-state index in [4.69, 9.17) is 4.74 Å². The maximum atomic E-state index is 13.2. The topological polar surface area (TPSA) is 88.8 Å². The van der Waals surface area contributed by atoms with Crippen LogP contribution in [0.3, 0.4) is 0 Å². The molecule has 0 atom stereocenters. The van der Waals surface area contributed by atoms with Crippen LogP contribution in [0.25, 0.3) is 5.69 Å². The quantitative estimate of drug-likeness (QED) is 0.597. The third-order valence-corrected chi connectivity index (χ3v) is 4.88. The molecular formula is C23H22FN5O3. The van der Waals surface area contributed by atoms with Crippen LogP contribution in [0, 0.1) is 12.7 Å². The molecule has 0 saturated carbocycles. The summed E-state index contributed by atoms with van der Waals surface area (Å²) in [5, 5.41) is 13.3. The van der Waals surface area contributed by atoms with E-state index in [1.165, 1.54) is 16.8 Å². The Bertz CT molecular complexity index is 1170. The van der Waals surface area contributed by atoms with Gasteiger partial charge in [0.15, 0.2) is 6.61 Å². The molecule has 2 heterocycles. The number of halogens is 1. The lowest BCUT2D eigenvalue weighted by molar-refractivity contribution is -0.119. The van der Waals surface area contributed by atoms with Crippen LogP contribution in [-0.4, -0.2) is 40.5 Å². The van der Waals surface area contributed by atoms with Crippen molar-refractivity contribution in [3.8, 4) is 5.69 Å². The summed E-state index contributed by atoms with van der Waals surface area (Å²) in [7, 11) is 0. The van der Waals surface area contributed by atoms with Crippen LogP contribution in [0.2, 0.25) is 0 Å². The molecule has 0 radical (unpaired) electrons. The number of aromatic nitrogens is 2. The fraction of sp³-hybridized carbons (Fsp3) is 0.217. The minimum atomic E-state index is -0.601. The maximum Gasteiger partial charge on any atom is 0.338 e. The van der Waals surface area contributed by atoms with E-state index < -0.39 is 18.5 Å². The summed E-state index contributed by atoms with van der Waals surface area (Å²) in [6.45, 7) is 4.10. The van der Waals surface area contributed by atoms with Crippen molar-refractivity contribution in [2.75, 3.05) is 23.5 Å². The van der Waals surface area contributed by atoms with Crippen LogP contribution in [0.1, 0.15) is 29.4 Å². The molecule has 1 amide bonds. The molecule has 32 heavy (non-hydrogen) atoms. The molecule has 164 valence electrons. The molecule has 1 N–H and O–H groups in total. The number of benzene rings is 2. The lowest BCUT2D eigenvalue weighted by atomic mass is 10.2. The molecule has 9 heteroatoms. The lowest BCUT2D eigenvalue weighted by Gasteiger charge is -2.13. The average Bonchev–Trinajstić information content (AvgIpc) is 3.38. The molecule has 0 spiro atoms. The molecular weight excluding hydrogens is 413 g/mol. The summed E-state index contributed by atoms with van der Waals surface area (Å²) < 4.78 is 19.8. The van der Waals surface area contributed by atoms with Gasteiger partial charge in [0.25, 0.3) is 5.91 Å². The number of nitrogens with zero attached hydrogens (tertiary/aromatic N) is 4. The van der Waals surface area contributed by atoms with Crippen LogP contribution in [0.5, 0.6) is 0 Å². The van der Waals surface area contributed by atoms with Crippen molar-refractivity contribution in [3.05, 3.63) is 71.7 Å². The first-order valence-corrected chi connectivity index (χ1v) is 10.1. The third kappa shape index (κ3) is 4.83. The first-order valence-electron chi connectivity index (χ1n) is 10.1. The number of amides is 1. The number of ether oxygens (including phenoxy) is 1. The second kappa shape index (κ2) is 9.01. The molecule has 0 saturated heterocycles. The zero-order chi connectivity index (χ0) is 22.7. The van der Waals surface area contributed by atoms with E-state index in [9.17, 15) is 14.0 Å². The lowest BCUT2D eigenvalue weighted by Crippen LogP contribution is -2.22. The SMILES string of the molecule is CC1=NN(c2ccc(C(=O)OCC(=O)Nc3cc(C)nn3-c3ccc(F)cc3)cc2)CC1. The van der Waals surface area contributed by atoms with Crippen LogP contribution in [0.4, 0.5) is 15.9 Å². The zero-order valence-electron chi connectivity index (χ0n) is 17.7. The van der Waals surface area contributed by atoms with E-state index in [2.05, 4.69) is 15.5 Å². The monoisotopic (exact) mass is 435 g/mol. The molecule has 1 aliphatic rings. The standard InChI is InChI=1S/C23H22FN5O3/c1-15-11-12-28(26-15)19-7-3-17(4-8-19)23(31)32-14-22(30)25-21-13-16(2)27-29(21)20-9-5-18(24)6-10-20/h3-10,13H,11-12,14H2,1-2H3,(H,25,30). The normalized spacial score (nSPS) is 13.1. The van der Waals surface area contributed by atoms with Gasteiger partial charge in [-0.1, -0.05) is 0 Å². The first-order chi connectivity index (χ1) is 15.4. The van der Waals surface area contributed by atoms with Gasteiger partial charge < -0.3 is 10.1 Å². The summed E-state index contributed by atoms with van der Waals surface area (Å²) >= 11 is 0. The van der Waals surface area contributed by atoms with Gasteiger partial charge >= 0.3 is 5.97 Å². The molecule has 0 fully saturated rings. The Morgan fingerprint density at radius 2 is 1.75 bits per heavy atom. The van der Waals surface area contributed by atoms with Crippen molar-refractivity contribution >= 4 is 29.1 Å². The second-order valence-corrected chi connectivity index (χ2v) is 7.44. The maximum absolute atomic E-state index is 13.2. The van der Waals surface area contributed by atoms with Crippen LogP contribution in [0.15, 0.2) is 59.7 Å². The second-order valence-electron chi connectivity index (χ2n) is 7.44. The van der Waals surface area contributed by atoms with E-state index >= 15 is 0 Å². The molecule has 4 rings (SSSR count). The Kier molecular flexibility index (Phi) is 5.98. The van der Waals surface area contributed by atoms with Gasteiger partial charge in [-0.05, 0) is 62.4 Å². The highest BCUT2D eigenvalue weighted by atomic mass is 19.1. The summed E-state index contributed by atoms with van der Waals surface area (Å²) in [5.74, 6) is -1.09. The van der Waals surface area contributed by atoms with Gasteiger partial charge in [0.1, 0.15) is 11.6 Å². The Labute approximate surface area is 184 Å². The predicted molar refractivity (Wildman–Crippen MR) is 119 cm³/mol. The van der Waals surface area contributed by atoms with Gasteiger partial charge in [-0.3, -0.25) is 9.80 Å². The van der Waals surface area contributed by atoms with Crippen LogP contribution in [-0.2, 0) is 9.53 Å². The van der Waals surface area contributed by atoms with Crippen molar-refractivity contribution in [1.29, 1.82) is 0 Å². The fourth-order valence-corrected chi connectivity index (χ4v) is 3.29. The number of anilines is 2. The number of aryl methyl sites for hydroxylation is 1. The highest BCUT2D eigenvalue weighted by molar-refractivity contribution is 5.95. The van der Waals surface area contributed by atoms with Gasteiger partial charge in [0.05, 0.1) is 22.6 Å². The summed E-state index contributed by atoms with van der Waals surface area (Å²) in [4.78, 5) is 24.7. The Hall–Kier alpha value is -4.01. The molecule has 0 unspecified atom stereocenters. The molecule has 1 aromatic heterocycles. The van der Waals surface area contributed by atoms with Gasteiger partial charge in [-0.15, -0.1) is 0 Å². The number of hydrogen-bond acceptors (Lipinski definition) is 6. The molecule has 3 aromatic rings. The largest absolute Gasteiger partial charge is 0.452 e. The third-order valence-electron chi connectivity index (χ3n) is 4.88. The number of rotatable bonds is 6. The zero-order valence-corrected chi connectivity index (χ0v) is 17.7. The van der Waals surface area contributed by atoms with Crippen LogP contribution < -0.4 is 10.3 Å². The van der Waals surface area contributed by atoms with Gasteiger partial charge in [0, 0.05) is 24.7 Å². The van der Waals surface area contributed by atoms with Crippen molar-refractivity contribution in [3.63, 3.8) is 0 Å². The van der Waals surface area contributed by atoms with Gasteiger partial charge in [0.2, 0.25) is 0 Å². The van der Waals surface area contributed by atoms with Crippen LogP contribution >= 0.6 is 0 Å². The highest BCUT2D eigenvalue weighted by Crippen LogP contribution is 2.20. The van der Waals surface area contributed by atoms with E-state index in [0.717, 1.165) is 24.4 Å². The van der Waals surface area contributed by atoms with Gasteiger partial charge in [-0.2, -0.15) is 10.2 Å². The van der Waals surface area contributed by atoms with Crippen molar-refractivity contribution in [2.45, 2.75) is 20.3 Å². The highest BCUT2D eigenvalue weighted by Gasteiger charge is 2.16. The number of carbonyl (C=O) groups excluding carboxylic acids is 2. The molecule has 8 nitrogen and oxygen atoms in total. The minimum absolute atomic E-state index is 0.341. The first kappa shape index (κ1) is 21.2. The average molecular weight is 435 g/mol. The Morgan fingerprint density at radius 3 is 2.41 bits per heavy atom. The number of carbonyl (C=O) groups is 2. The molecule has 0 bridgehead atoms. The minimum Gasteiger partial charge on any atom is -0.452 e. The Balaban J connectivity index is 1.35. The number of nitrogens with one attached hydrogen (secondary N) is 1. The fourth-order valence-electron chi connectivity index (χ4n) is 3.29. The van der Waals surface area contributed by atoms with Crippen molar-refractivity contribution < 1.29 is 18.7 Å². The van der Waals surface area contributed by atoms with E-state index in [-0.39, 0.29) is 5.82 Å². The summed E-state index contributed by atoms with van der Waals surface area (Å²) in [6.07, 6.45) is 0.915. The smallest absolute Gasteiger partial charge is 0.338 e. The van der Waals surface area contributed by atoms with E-state index in [1.807, 2.05) is 11.9 Å². The molecule has 0 aliphatic carbocycles. The number of hydrogen-bond donors (Lipinski definition) is 1. The number of esters is 1. The molecule has 2 aromatic carbocycles. The Morgan fingerprint density at radius 1 is 1.06 bits per heavy atom. The van der Waals surface area contributed by atoms with Gasteiger partial charge in [-0.25, -0.2) is 13.9 Å². The van der Waals surface area contributed by atoms with Crippen molar-refractivity contribution in [2.24, 2.45) is 5.10 Å². The predicted octanol–water partition coefficient (Wildman–Crippen LogP) is 3.70. The summed E-state index contributed by atoms with van der Waals surface area (Å²) in [6, 6.07) is 14.3. The van der Waals surface area contributed by atoms with E-state index in [1.54, 1.807) is 49.4 Å². The molecule has 1 aliphatic heterocycles. The number of hydrazone groups is 1.